The molecule has 1 unspecified atom stereocenters. The van der Waals surface area contributed by atoms with Gasteiger partial charge in [-0.05, 0) is 12.8 Å². The molecule has 0 aliphatic carbocycles. The first-order valence-electron chi connectivity index (χ1n) is 8.94. The number of halogens is 3. The van der Waals surface area contributed by atoms with E-state index in [0.717, 1.165) is 25.7 Å². The van der Waals surface area contributed by atoms with Crippen molar-refractivity contribution in [2.24, 2.45) is 0 Å². The van der Waals surface area contributed by atoms with Crippen LogP contribution in [0.5, 0.6) is 0 Å². The van der Waals surface area contributed by atoms with Crippen LogP contribution in [0.15, 0.2) is 0 Å². The Morgan fingerprint density at radius 1 is 1.12 bits per heavy atom. The number of carbonyl (C=O) groups excluding carboxylic acids is 2. The number of alkyl halides is 3. The Bertz CT molecular complexity index is 453. The normalized spacial score (nSPS) is 22.2. The summed E-state index contributed by atoms with van der Waals surface area (Å²) >= 11 is 0. The highest BCUT2D eigenvalue weighted by Crippen LogP contribution is 2.24. The van der Waals surface area contributed by atoms with Gasteiger partial charge in [0, 0.05) is 45.7 Å². The molecule has 2 heterocycles. The molecule has 0 saturated carbocycles. The summed E-state index contributed by atoms with van der Waals surface area (Å²) in [6, 6.07) is -1.69. The molecule has 0 bridgehead atoms. The molecule has 2 aliphatic heterocycles. The summed E-state index contributed by atoms with van der Waals surface area (Å²) in [7, 11) is 0. The number of hydrogen-bond acceptors (Lipinski definition) is 4. The van der Waals surface area contributed by atoms with Crippen LogP contribution in [-0.2, 0) is 9.59 Å². The van der Waals surface area contributed by atoms with Crippen LogP contribution in [0.4, 0.5) is 13.2 Å². The molecule has 0 spiro atoms. The number of rotatable bonds is 5. The summed E-state index contributed by atoms with van der Waals surface area (Å²) in [5.74, 6) is -0.623. The van der Waals surface area contributed by atoms with Crippen LogP contribution in [0.25, 0.3) is 0 Å². The van der Waals surface area contributed by atoms with Crippen LogP contribution in [0.2, 0.25) is 0 Å². The van der Waals surface area contributed by atoms with Gasteiger partial charge in [-0.25, -0.2) is 0 Å². The SMILES string of the molecule is O=C(CN1CCCCCCC1=O)NCC(N1CCNCC1)C(F)(F)F. The van der Waals surface area contributed by atoms with Crippen LogP contribution in [0, 0.1) is 0 Å². The number of hydrogen-bond donors (Lipinski definition) is 2. The van der Waals surface area contributed by atoms with Crippen molar-refractivity contribution in [1.29, 1.82) is 0 Å². The molecule has 0 aromatic heterocycles. The smallest absolute Gasteiger partial charge is 0.353 e. The molecular formula is C16H27F3N4O2. The molecule has 1 atom stereocenters. The van der Waals surface area contributed by atoms with Gasteiger partial charge in [0.25, 0.3) is 0 Å². The number of likely N-dealkylation sites (tertiary alicyclic amines) is 1. The lowest BCUT2D eigenvalue weighted by Gasteiger charge is -2.36. The fourth-order valence-electron chi connectivity index (χ4n) is 3.27. The third kappa shape index (κ3) is 6.47. The van der Waals surface area contributed by atoms with E-state index in [9.17, 15) is 22.8 Å². The van der Waals surface area contributed by atoms with Gasteiger partial charge in [0.2, 0.25) is 11.8 Å². The average molecular weight is 364 g/mol. The minimum absolute atomic E-state index is 0.0932. The van der Waals surface area contributed by atoms with E-state index in [1.54, 1.807) is 0 Å². The zero-order chi connectivity index (χ0) is 18.3. The van der Waals surface area contributed by atoms with E-state index in [2.05, 4.69) is 10.6 Å². The second-order valence-electron chi connectivity index (χ2n) is 6.63. The maximum atomic E-state index is 13.3. The Morgan fingerprint density at radius 2 is 1.80 bits per heavy atom. The molecule has 25 heavy (non-hydrogen) atoms. The minimum Gasteiger partial charge on any atom is -0.353 e. The average Bonchev–Trinajstić information content (AvgIpc) is 2.54. The number of amides is 2. The van der Waals surface area contributed by atoms with E-state index >= 15 is 0 Å². The second-order valence-corrected chi connectivity index (χ2v) is 6.63. The lowest BCUT2D eigenvalue weighted by Crippen LogP contribution is -2.58. The molecule has 0 aromatic carbocycles. The van der Waals surface area contributed by atoms with E-state index in [1.807, 2.05) is 0 Å². The Hall–Kier alpha value is -1.35. The molecule has 2 aliphatic rings. The van der Waals surface area contributed by atoms with Crippen molar-refractivity contribution in [2.75, 3.05) is 45.8 Å². The highest BCUT2D eigenvalue weighted by Gasteiger charge is 2.43. The van der Waals surface area contributed by atoms with Gasteiger partial charge in [0.1, 0.15) is 6.04 Å². The van der Waals surface area contributed by atoms with Gasteiger partial charge in [0.05, 0.1) is 6.54 Å². The van der Waals surface area contributed by atoms with Crippen molar-refractivity contribution in [3.05, 3.63) is 0 Å². The maximum Gasteiger partial charge on any atom is 0.405 e. The summed E-state index contributed by atoms with van der Waals surface area (Å²) in [4.78, 5) is 26.9. The van der Waals surface area contributed by atoms with E-state index < -0.39 is 24.7 Å². The lowest BCUT2D eigenvalue weighted by molar-refractivity contribution is -0.184. The molecule has 2 N–H and O–H groups in total. The van der Waals surface area contributed by atoms with Gasteiger partial charge in [0.15, 0.2) is 0 Å². The highest BCUT2D eigenvalue weighted by molar-refractivity contribution is 5.84. The van der Waals surface area contributed by atoms with Gasteiger partial charge in [-0.1, -0.05) is 12.8 Å². The van der Waals surface area contributed by atoms with Crippen molar-refractivity contribution in [1.82, 2.24) is 20.4 Å². The molecule has 2 amide bonds. The third-order valence-corrected chi connectivity index (χ3v) is 4.72. The minimum atomic E-state index is -4.40. The van der Waals surface area contributed by atoms with Crippen LogP contribution in [-0.4, -0.2) is 79.6 Å². The fraction of sp³-hybridized carbons (Fsp3) is 0.875. The van der Waals surface area contributed by atoms with E-state index in [1.165, 1.54) is 9.80 Å². The second kappa shape index (κ2) is 9.38. The van der Waals surface area contributed by atoms with Gasteiger partial charge in [-0.15, -0.1) is 0 Å². The van der Waals surface area contributed by atoms with E-state index in [4.69, 9.17) is 0 Å². The largest absolute Gasteiger partial charge is 0.405 e. The zero-order valence-electron chi connectivity index (χ0n) is 14.4. The predicted molar refractivity (Wildman–Crippen MR) is 87.0 cm³/mol. The Morgan fingerprint density at radius 3 is 2.48 bits per heavy atom. The van der Waals surface area contributed by atoms with Crippen molar-refractivity contribution >= 4 is 11.8 Å². The van der Waals surface area contributed by atoms with Gasteiger partial charge in [-0.2, -0.15) is 13.2 Å². The van der Waals surface area contributed by atoms with Crippen LogP contribution in [0.3, 0.4) is 0 Å². The molecule has 2 rings (SSSR count). The summed E-state index contributed by atoms with van der Waals surface area (Å²) in [6.07, 6.45) is -0.366. The maximum absolute atomic E-state index is 13.3. The Balaban J connectivity index is 1.85. The van der Waals surface area contributed by atoms with E-state index in [0.29, 0.717) is 39.1 Å². The summed E-state index contributed by atoms with van der Waals surface area (Å²) in [5, 5.41) is 5.39. The lowest BCUT2D eigenvalue weighted by atomic mass is 10.1. The number of piperazine rings is 1. The van der Waals surface area contributed by atoms with Gasteiger partial charge >= 0.3 is 6.18 Å². The van der Waals surface area contributed by atoms with Crippen molar-refractivity contribution in [3.8, 4) is 0 Å². The molecule has 144 valence electrons. The van der Waals surface area contributed by atoms with Crippen LogP contribution in [0.1, 0.15) is 32.1 Å². The summed E-state index contributed by atoms with van der Waals surface area (Å²) < 4.78 is 39.9. The molecule has 6 nitrogen and oxygen atoms in total. The third-order valence-electron chi connectivity index (χ3n) is 4.72. The molecule has 0 radical (unpaired) electrons. The number of nitrogens with one attached hydrogen (secondary N) is 2. The predicted octanol–water partition coefficient (Wildman–Crippen LogP) is 0.731. The van der Waals surface area contributed by atoms with E-state index in [-0.39, 0.29) is 12.5 Å². The standard InChI is InChI=1S/C16H27F3N4O2/c17-16(18,19)13(22-9-6-20-7-10-22)11-21-14(24)12-23-8-4-2-1-3-5-15(23)25/h13,20H,1-12H2,(H,21,24). The molecule has 2 fully saturated rings. The molecule has 2 saturated heterocycles. The van der Waals surface area contributed by atoms with Crippen molar-refractivity contribution < 1.29 is 22.8 Å². The van der Waals surface area contributed by atoms with Gasteiger partial charge in [-0.3, -0.25) is 14.5 Å². The van der Waals surface area contributed by atoms with Crippen LogP contribution >= 0.6 is 0 Å². The zero-order valence-corrected chi connectivity index (χ0v) is 14.4. The highest BCUT2D eigenvalue weighted by atomic mass is 19.4. The first-order valence-corrected chi connectivity index (χ1v) is 8.94. The topological polar surface area (TPSA) is 64.7 Å². The Labute approximate surface area is 146 Å². The van der Waals surface area contributed by atoms with Crippen LogP contribution < -0.4 is 10.6 Å². The summed E-state index contributed by atoms with van der Waals surface area (Å²) in [5.41, 5.74) is 0. The Kier molecular flexibility index (Phi) is 7.49. The molecular weight excluding hydrogens is 337 g/mol. The number of nitrogens with zero attached hydrogens (tertiary/aromatic N) is 2. The molecule has 0 aromatic rings. The summed E-state index contributed by atoms with van der Waals surface area (Å²) in [6.45, 7) is 1.45. The fourth-order valence-corrected chi connectivity index (χ4v) is 3.27. The first kappa shape index (κ1) is 20.0. The quantitative estimate of drug-likeness (QED) is 0.755. The monoisotopic (exact) mass is 364 g/mol. The molecule has 9 heteroatoms. The number of carbonyl (C=O) groups is 2. The van der Waals surface area contributed by atoms with Crippen molar-refractivity contribution in [2.45, 2.75) is 44.3 Å². The van der Waals surface area contributed by atoms with Gasteiger partial charge < -0.3 is 15.5 Å². The van der Waals surface area contributed by atoms with Crippen molar-refractivity contribution in [3.63, 3.8) is 0 Å². The first-order chi connectivity index (χ1) is 11.9.